The van der Waals surface area contributed by atoms with Crippen molar-refractivity contribution in [2.75, 3.05) is 13.1 Å². The van der Waals surface area contributed by atoms with Crippen molar-refractivity contribution in [2.45, 2.75) is 38.2 Å². The normalized spacial score (nSPS) is 17.4. The smallest absolute Gasteiger partial charge is 0.310 e. The largest absolute Gasteiger partial charge is 0.459 e. The Hall–Kier alpha value is -2.63. The van der Waals surface area contributed by atoms with Crippen LogP contribution in [-0.2, 0) is 26.2 Å². The molecular formula is C21H22FN3O5S2. The molecule has 1 saturated heterocycles. The lowest BCUT2D eigenvalue weighted by Gasteiger charge is -2.30. The molecule has 4 rings (SSSR count). The molecule has 0 bridgehead atoms. The van der Waals surface area contributed by atoms with Crippen LogP contribution in [0.15, 0.2) is 39.1 Å². The number of sulfonamides is 1. The highest BCUT2D eigenvalue weighted by molar-refractivity contribution is 7.89. The second-order valence-electron chi connectivity index (χ2n) is 7.61. The maximum absolute atomic E-state index is 13.1. The first-order valence-corrected chi connectivity index (χ1v) is 12.4. The van der Waals surface area contributed by atoms with E-state index in [9.17, 15) is 17.6 Å². The zero-order valence-corrected chi connectivity index (χ0v) is 19.2. The molecule has 1 fully saturated rings. The Balaban J connectivity index is 1.38. The molecule has 1 aliphatic rings. The van der Waals surface area contributed by atoms with Crippen molar-refractivity contribution in [2.24, 2.45) is 5.92 Å². The molecule has 1 atom stereocenters. The highest BCUT2D eigenvalue weighted by Gasteiger charge is 2.37. The van der Waals surface area contributed by atoms with Crippen molar-refractivity contribution >= 4 is 27.3 Å². The Kier molecular flexibility index (Phi) is 6.40. The van der Waals surface area contributed by atoms with Gasteiger partial charge in [0.2, 0.25) is 10.0 Å². The topological polar surface area (TPSA) is 103 Å². The molecule has 0 spiro atoms. The summed E-state index contributed by atoms with van der Waals surface area (Å²) in [7, 11) is -3.81. The van der Waals surface area contributed by atoms with E-state index in [1.54, 1.807) is 31.4 Å². The van der Waals surface area contributed by atoms with Crippen LogP contribution in [0.1, 0.15) is 30.0 Å². The van der Waals surface area contributed by atoms with E-state index in [0.29, 0.717) is 35.8 Å². The molecule has 11 heteroatoms. The van der Waals surface area contributed by atoms with Crippen LogP contribution in [0.5, 0.6) is 0 Å². The minimum atomic E-state index is -3.81. The number of esters is 1. The van der Waals surface area contributed by atoms with Gasteiger partial charge in [0.25, 0.3) is 0 Å². The molecule has 32 heavy (non-hydrogen) atoms. The van der Waals surface area contributed by atoms with Crippen molar-refractivity contribution in [3.05, 3.63) is 52.6 Å². The van der Waals surface area contributed by atoms with E-state index in [1.165, 1.54) is 27.8 Å². The van der Waals surface area contributed by atoms with Gasteiger partial charge in [-0.25, -0.2) is 17.8 Å². The van der Waals surface area contributed by atoms with E-state index >= 15 is 0 Å². The summed E-state index contributed by atoms with van der Waals surface area (Å²) in [5.41, 5.74) is 1.66. The maximum Gasteiger partial charge on any atom is 0.310 e. The molecular weight excluding hydrogens is 457 g/mol. The van der Waals surface area contributed by atoms with E-state index in [4.69, 9.17) is 9.26 Å². The van der Waals surface area contributed by atoms with Crippen LogP contribution >= 0.6 is 11.3 Å². The van der Waals surface area contributed by atoms with Gasteiger partial charge in [-0.2, -0.15) is 4.31 Å². The molecule has 0 saturated carbocycles. The predicted octanol–water partition coefficient (Wildman–Crippen LogP) is 3.70. The lowest BCUT2D eigenvalue weighted by molar-refractivity contribution is -0.151. The van der Waals surface area contributed by atoms with Gasteiger partial charge in [-0.15, -0.1) is 11.3 Å². The first-order valence-electron chi connectivity index (χ1n) is 10.1. The van der Waals surface area contributed by atoms with Gasteiger partial charge in [-0.3, -0.25) is 4.79 Å². The van der Waals surface area contributed by atoms with Gasteiger partial charge in [-0.1, -0.05) is 5.16 Å². The number of hydrogen-bond donors (Lipinski definition) is 0. The highest BCUT2D eigenvalue weighted by Crippen LogP contribution is 2.29. The Morgan fingerprint density at radius 3 is 2.75 bits per heavy atom. The first-order chi connectivity index (χ1) is 15.3. The zero-order valence-electron chi connectivity index (χ0n) is 17.6. The molecule has 8 nitrogen and oxygen atoms in total. The molecule has 0 aliphatic carbocycles. The molecule has 0 N–H and O–H groups in total. The van der Waals surface area contributed by atoms with Crippen LogP contribution in [0.2, 0.25) is 0 Å². The number of aromatic nitrogens is 2. The number of carbonyl (C=O) groups excluding carboxylic acids is 1. The Bertz CT molecular complexity index is 1200. The second kappa shape index (κ2) is 9.08. The molecule has 0 amide bonds. The summed E-state index contributed by atoms with van der Waals surface area (Å²) in [5.74, 6) is -1.11. The maximum atomic E-state index is 13.1. The Morgan fingerprint density at radius 1 is 1.31 bits per heavy atom. The number of hydrogen-bond acceptors (Lipinski definition) is 8. The third kappa shape index (κ3) is 4.59. The van der Waals surface area contributed by atoms with Gasteiger partial charge >= 0.3 is 5.97 Å². The summed E-state index contributed by atoms with van der Waals surface area (Å²) >= 11 is 1.37. The monoisotopic (exact) mass is 479 g/mol. The van der Waals surface area contributed by atoms with Crippen LogP contribution in [0.25, 0.3) is 10.6 Å². The van der Waals surface area contributed by atoms with E-state index in [1.807, 2.05) is 0 Å². The first kappa shape index (κ1) is 22.6. The van der Waals surface area contributed by atoms with Gasteiger partial charge in [0, 0.05) is 24.0 Å². The quantitative estimate of drug-likeness (QED) is 0.497. The van der Waals surface area contributed by atoms with Gasteiger partial charge in [0.05, 0.1) is 11.6 Å². The summed E-state index contributed by atoms with van der Waals surface area (Å²) < 4.78 is 50.9. The molecule has 1 aliphatic heterocycles. The van der Waals surface area contributed by atoms with Crippen LogP contribution in [0, 0.1) is 25.6 Å². The van der Waals surface area contributed by atoms with E-state index in [2.05, 4.69) is 10.1 Å². The second-order valence-corrected chi connectivity index (χ2v) is 10.3. The van der Waals surface area contributed by atoms with Gasteiger partial charge in [0.15, 0.2) is 5.76 Å². The summed E-state index contributed by atoms with van der Waals surface area (Å²) in [6, 6.07) is 6.00. The number of piperidine rings is 1. The number of benzene rings is 1. The van der Waals surface area contributed by atoms with Crippen molar-refractivity contribution in [3.8, 4) is 10.6 Å². The van der Waals surface area contributed by atoms with E-state index < -0.39 is 21.9 Å². The molecule has 3 aromatic rings. The van der Waals surface area contributed by atoms with Crippen molar-refractivity contribution in [1.29, 1.82) is 0 Å². The number of ether oxygens (including phenoxy) is 1. The zero-order chi connectivity index (χ0) is 22.9. The summed E-state index contributed by atoms with van der Waals surface area (Å²) in [4.78, 5) is 17.1. The molecule has 1 aromatic carbocycles. The van der Waals surface area contributed by atoms with Crippen LogP contribution < -0.4 is 0 Å². The van der Waals surface area contributed by atoms with Gasteiger partial charge in [-0.05, 0) is 51.0 Å². The number of nitrogens with zero attached hydrogens (tertiary/aromatic N) is 3. The van der Waals surface area contributed by atoms with Gasteiger partial charge < -0.3 is 9.26 Å². The molecule has 2 aromatic heterocycles. The van der Waals surface area contributed by atoms with Crippen molar-refractivity contribution in [1.82, 2.24) is 14.4 Å². The number of rotatable bonds is 6. The fraction of sp³-hybridized carbons (Fsp3) is 0.381. The Morgan fingerprint density at radius 2 is 2.06 bits per heavy atom. The van der Waals surface area contributed by atoms with Crippen LogP contribution in [-0.4, -0.2) is 41.9 Å². The lowest BCUT2D eigenvalue weighted by Crippen LogP contribution is -2.43. The standard InChI is InChI=1S/C21H22FN3O5S2/c1-13-19(14(2)30-24-13)32(27,28)25-9-3-4-16(10-25)21(26)29-11-18-12-31-20(23-18)15-5-7-17(22)8-6-15/h5-8,12,16H,3-4,9-11H2,1-2H3. The summed E-state index contributed by atoms with van der Waals surface area (Å²) in [6.45, 7) is 3.49. The number of aryl methyl sites for hydroxylation is 2. The number of thiazole rings is 1. The van der Waals surface area contributed by atoms with Gasteiger partial charge in [0.1, 0.15) is 28.0 Å². The van der Waals surface area contributed by atoms with Crippen molar-refractivity contribution in [3.63, 3.8) is 0 Å². The number of carbonyl (C=O) groups is 1. The SMILES string of the molecule is Cc1noc(C)c1S(=O)(=O)N1CCCC(C(=O)OCc2csc(-c3ccc(F)cc3)n2)C1. The van der Waals surface area contributed by atoms with E-state index in [-0.39, 0.29) is 29.6 Å². The molecule has 3 heterocycles. The molecule has 0 radical (unpaired) electrons. The fourth-order valence-corrected chi connectivity index (χ4v) is 6.31. The third-order valence-electron chi connectivity index (χ3n) is 5.29. The fourth-order valence-electron chi connectivity index (χ4n) is 3.69. The van der Waals surface area contributed by atoms with E-state index in [0.717, 1.165) is 5.56 Å². The minimum Gasteiger partial charge on any atom is -0.459 e. The average Bonchev–Trinajstić information content (AvgIpc) is 3.39. The van der Waals surface area contributed by atoms with Crippen LogP contribution in [0.3, 0.4) is 0 Å². The third-order valence-corrected chi connectivity index (χ3v) is 8.34. The Labute approximate surface area is 189 Å². The summed E-state index contributed by atoms with van der Waals surface area (Å²) in [6.07, 6.45) is 1.10. The summed E-state index contributed by atoms with van der Waals surface area (Å²) in [5, 5.41) is 6.20. The molecule has 1 unspecified atom stereocenters. The lowest BCUT2D eigenvalue weighted by atomic mass is 10.00. The molecule has 170 valence electrons. The highest BCUT2D eigenvalue weighted by atomic mass is 32.2. The number of halogens is 1. The average molecular weight is 480 g/mol. The van der Waals surface area contributed by atoms with Crippen molar-refractivity contribution < 1.29 is 26.9 Å². The minimum absolute atomic E-state index is 0.0103. The predicted molar refractivity (Wildman–Crippen MR) is 115 cm³/mol. The van der Waals surface area contributed by atoms with Crippen LogP contribution in [0.4, 0.5) is 4.39 Å².